The summed E-state index contributed by atoms with van der Waals surface area (Å²) in [7, 11) is 0. The predicted octanol–water partition coefficient (Wildman–Crippen LogP) is 2.00. The van der Waals surface area contributed by atoms with Crippen molar-refractivity contribution in [2.24, 2.45) is 20.2 Å². The van der Waals surface area contributed by atoms with Crippen molar-refractivity contribution in [2.75, 3.05) is 13.1 Å². The maximum Gasteiger partial charge on any atom is 2.00 e. The summed E-state index contributed by atoms with van der Waals surface area (Å²) in [4.78, 5) is 8.13. The van der Waals surface area contributed by atoms with E-state index in [1.54, 1.807) is 0 Å². The number of amidine groups is 2. The number of aliphatic imine (C=N–C) groups is 2. The van der Waals surface area contributed by atoms with E-state index in [4.69, 9.17) is 29.7 Å². The van der Waals surface area contributed by atoms with Gasteiger partial charge >= 0.3 is 17.1 Å². The first-order chi connectivity index (χ1) is 11.4. The normalized spacial score (nSPS) is 13.5. The third-order valence-electron chi connectivity index (χ3n) is 2.82. The summed E-state index contributed by atoms with van der Waals surface area (Å²) in [5.41, 5.74) is 7.51. The number of nitrogens with zero attached hydrogens (tertiary/aromatic N) is 4. The third-order valence-corrected chi connectivity index (χ3v) is 3.27. The number of aryl methyl sites for hydroxylation is 2. The molecule has 7 nitrogen and oxygen atoms in total. The zero-order valence-electron chi connectivity index (χ0n) is 14.8. The van der Waals surface area contributed by atoms with Gasteiger partial charge in [-0.3, -0.25) is 20.8 Å². The van der Waals surface area contributed by atoms with E-state index >= 15 is 0 Å². The van der Waals surface area contributed by atoms with Crippen LogP contribution in [0.1, 0.15) is 37.9 Å². The van der Waals surface area contributed by atoms with Crippen molar-refractivity contribution in [1.82, 2.24) is 10.9 Å². The van der Waals surface area contributed by atoms with Crippen LogP contribution in [0.25, 0.3) is 0 Å². The Bertz CT molecular complexity index is 682. The van der Waals surface area contributed by atoms with E-state index in [0.717, 1.165) is 17.1 Å². The van der Waals surface area contributed by atoms with E-state index in [1.807, 2.05) is 40.7 Å². The first-order valence-corrected chi connectivity index (χ1v) is 8.35. The van der Waals surface area contributed by atoms with E-state index < -0.39 is 0 Å². The number of furan rings is 1. The first-order valence-electron chi connectivity index (χ1n) is 7.53. The Morgan fingerprint density at radius 2 is 1.56 bits per heavy atom. The zero-order chi connectivity index (χ0) is 18.1. The van der Waals surface area contributed by atoms with E-state index in [0.29, 0.717) is 34.8 Å². The molecular formula is C15H22CuN6OS2. The van der Waals surface area contributed by atoms with E-state index in [9.17, 15) is 0 Å². The third kappa shape index (κ3) is 7.96. The molecule has 2 N–H and O–H groups in total. The van der Waals surface area contributed by atoms with Crippen LogP contribution >= 0.6 is 0 Å². The van der Waals surface area contributed by atoms with Crippen LogP contribution in [0, 0.1) is 13.8 Å². The van der Waals surface area contributed by atoms with Crippen molar-refractivity contribution in [3.63, 3.8) is 0 Å². The van der Waals surface area contributed by atoms with Crippen molar-refractivity contribution in [3.05, 3.63) is 23.2 Å². The van der Waals surface area contributed by atoms with Gasteiger partial charge < -0.3 is 29.7 Å². The molecule has 0 aliphatic carbocycles. The smallest absolute Gasteiger partial charge is 0.741 e. The van der Waals surface area contributed by atoms with Gasteiger partial charge in [-0.15, -0.1) is 0 Å². The van der Waals surface area contributed by atoms with Crippen LogP contribution in [0.3, 0.4) is 0 Å². The molecule has 0 amide bonds. The molecule has 0 aromatic carbocycles. The zero-order valence-corrected chi connectivity index (χ0v) is 17.4. The average Bonchev–Trinajstić information content (AvgIpc) is 2.84. The molecule has 0 saturated carbocycles. The molecule has 0 aliphatic rings. The average molecular weight is 430 g/mol. The minimum Gasteiger partial charge on any atom is -0.741 e. The summed E-state index contributed by atoms with van der Waals surface area (Å²) in [5, 5.41) is 9.21. The van der Waals surface area contributed by atoms with Crippen LogP contribution in [-0.2, 0) is 42.3 Å². The molecule has 0 saturated heterocycles. The van der Waals surface area contributed by atoms with Gasteiger partial charge in [0, 0.05) is 18.7 Å². The minimum absolute atomic E-state index is 0. The van der Waals surface area contributed by atoms with Gasteiger partial charge in [-0.1, -0.05) is 0 Å². The quantitative estimate of drug-likeness (QED) is 0.237. The topological polar surface area (TPSA) is 86.6 Å². The molecule has 1 rings (SSSR count). The van der Waals surface area contributed by atoms with E-state index in [2.05, 4.69) is 31.0 Å². The molecule has 1 heterocycles. The van der Waals surface area contributed by atoms with Crippen LogP contribution in [0.4, 0.5) is 0 Å². The van der Waals surface area contributed by atoms with Gasteiger partial charge in [0.05, 0.1) is 5.71 Å². The summed E-state index contributed by atoms with van der Waals surface area (Å²) in [6.45, 7) is 10.5. The van der Waals surface area contributed by atoms with E-state index in [-0.39, 0.29) is 17.1 Å². The van der Waals surface area contributed by atoms with Gasteiger partial charge in [-0.05, 0) is 51.0 Å². The van der Waals surface area contributed by atoms with Gasteiger partial charge in [-0.2, -0.15) is 10.2 Å². The molecule has 0 fully saturated rings. The van der Waals surface area contributed by atoms with Gasteiger partial charge in [0.1, 0.15) is 17.2 Å². The van der Waals surface area contributed by atoms with Crippen LogP contribution in [0.15, 0.2) is 30.7 Å². The molecule has 0 unspecified atom stereocenters. The Kier molecular flexibility index (Phi) is 11.3. The molecule has 1 aromatic rings. The summed E-state index contributed by atoms with van der Waals surface area (Å²) < 4.78 is 5.58. The minimum atomic E-state index is 0. The fraction of sp³-hybridized carbons (Fsp3) is 0.467. The largest absolute Gasteiger partial charge is 2.00 e. The second-order valence-electron chi connectivity index (χ2n) is 4.77. The summed E-state index contributed by atoms with van der Waals surface area (Å²) in [6.07, 6.45) is 0. The second kappa shape index (κ2) is 12.0. The fourth-order valence-corrected chi connectivity index (χ4v) is 2.20. The monoisotopic (exact) mass is 429 g/mol. The first kappa shape index (κ1) is 23.5. The molecule has 141 valence electrons. The molecule has 1 aromatic heterocycles. The van der Waals surface area contributed by atoms with Crippen molar-refractivity contribution in [1.29, 1.82) is 0 Å². The van der Waals surface area contributed by atoms with Gasteiger partial charge in [0.25, 0.3) is 0 Å². The molecule has 10 heteroatoms. The summed E-state index contributed by atoms with van der Waals surface area (Å²) in [5.74, 6) is 1.52. The summed E-state index contributed by atoms with van der Waals surface area (Å²) >= 11 is 10.1. The fourth-order valence-electron chi connectivity index (χ4n) is 1.85. The number of nitrogens with one attached hydrogen (secondary N) is 2. The molecule has 0 aliphatic heterocycles. The van der Waals surface area contributed by atoms with Crippen molar-refractivity contribution in [3.8, 4) is 0 Å². The molecule has 1 radical (unpaired) electrons. The number of hydrogen-bond acceptors (Lipinski definition) is 7. The van der Waals surface area contributed by atoms with Crippen molar-refractivity contribution < 1.29 is 21.5 Å². The number of rotatable bonds is 6. The number of hydrazone groups is 2. The van der Waals surface area contributed by atoms with E-state index in [1.165, 1.54) is 0 Å². The molecule has 0 atom stereocenters. The van der Waals surface area contributed by atoms with Crippen LogP contribution in [-0.4, -0.2) is 34.8 Å². The van der Waals surface area contributed by atoms with Crippen molar-refractivity contribution in [2.45, 2.75) is 34.6 Å². The maximum atomic E-state index is 5.58. The van der Waals surface area contributed by atoms with Crippen LogP contribution < -0.4 is 10.9 Å². The molecule has 0 bridgehead atoms. The Labute approximate surface area is 170 Å². The van der Waals surface area contributed by atoms with Gasteiger partial charge in [0.2, 0.25) is 0 Å². The van der Waals surface area contributed by atoms with Crippen molar-refractivity contribution >= 4 is 47.0 Å². The van der Waals surface area contributed by atoms with Gasteiger partial charge in [-0.25, -0.2) is 0 Å². The maximum absolute atomic E-state index is 5.58. The van der Waals surface area contributed by atoms with Crippen LogP contribution in [0.5, 0.6) is 0 Å². The Hall–Kier alpha value is -1.48. The second-order valence-corrected chi connectivity index (χ2v) is 5.54. The SMILES string of the molecule is CCN=C([S-])N/N=C(C)/C(=N/NC([S-])=NCC)c1cc(C)oc1C.[Cu+2]. The molecular weight excluding hydrogens is 408 g/mol. The Balaban J connectivity index is 0.00000576. The Morgan fingerprint density at radius 3 is 2.00 bits per heavy atom. The Morgan fingerprint density at radius 1 is 1.04 bits per heavy atom. The van der Waals surface area contributed by atoms with Crippen LogP contribution in [0.2, 0.25) is 0 Å². The van der Waals surface area contributed by atoms with Gasteiger partial charge in [0.15, 0.2) is 0 Å². The number of hydrogen-bond donors (Lipinski definition) is 2. The molecule has 0 spiro atoms. The predicted molar refractivity (Wildman–Crippen MR) is 105 cm³/mol. The standard InChI is InChI=1S/C15H24N6OS2.Cu/c1-6-16-14(23)20-18-10(4)13(19-21-15(24)17-7-2)12-8-9(3)22-11(12)5;/h8H,6-7H2,1-5H3,(H2,16,20,23)(H2,17,21,24);/q;+2/p-2/b18-10+,19-13-;. The molecule has 25 heavy (non-hydrogen) atoms. The summed E-state index contributed by atoms with van der Waals surface area (Å²) in [6, 6.07) is 1.89.